The summed E-state index contributed by atoms with van der Waals surface area (Å²) in [5.41, 5.74) is 6.68. The van der Waals surface area contributed by atoms with E-state index in [1.54, 1.807) is 0 Å². The number of rotatable bonds is 2. The largest absolute Gasteiger partial charge is 0.490 e. The molecule has 0 bridgehead atoms. The van der Waals surface area contributed by atoms with Crippen LogP contribution in [0.1, 0.15) is 12.0 Å². The van der Waals surface area contributed by atoms with Crippen molar-refractivity contribution in [3.05, 3.63) is 23.8 Å². The molecule has 1 aromatic carbocycles. The first-order valence-electron chi connectivity index (χ1n) is 4.99. The normalized spacial score (nSPS) is 14.9. The van der Waals surface area contributed by atoms with Gasteiger partial charge in [0.1, 0.15) is 0 Å². The summed E-state index contributed by atoms with van der Waals surface area (Å²) in [6.45, 7) is 2.10. The summed E-state index contributed by atoms with van der Waals surface area (Å²) in [6, 6.07) is 5.97. The van der Waals surface area contributed by atoms with Crippen molar-refractivity contribution in [2.45, 2.75) is 12.8 Å². The molecule has 3 nitrogen and oxygen atoms in total. The van der Waals surface area contributed by atoms with E-state index in [1.807, 2.05) is 18.2 Å². The summed E-state index contributed by atoms with van der Waals surface area (Å²) in [6.07, 6.45) is 1.78. The molecule has 0 spiro atoms. The number of fused-ring (bicyclic) bond motifs is 1. The lowest BCUT2D eigenvalue weighted by atomic mass is 10.1. The molecule has 76 valence electrons. The second kappa shape index (κ2) is 4.33. The molecule has 0 aromatic heterocycles. The number of ether oxygens (including phenoxy) is 2. The minimum atomic E-state index is 0.639. The van der Waals surface area contributed by atoms with Crippen molar-refractivity contribution in [2.75, 3.05) is 19.8 Å². The van der Waals surface area contributed by atoms with Crippen molar-refractivity contribution in [3.8, 4) is 11.5 Å². The van der Waals surface area contributed by atoms with Crippen LogP contribution >= 0.6 is 0 Å². The molecule has 0 saturated heterocycles. The first-order chi connectivity index (χ1) is 6.92. The average molecular weight is 193 g/mol. The van der Waals surface area contributed by atoms with Gasteiger partial charge in [-0.3, -0.25) is 0 Å². The fourth-order valence-electron chi connectivity index (χ4n) is 1.61. The van der Waals surface area contributed by atoms with Crippen LogP contribution in [0.5, 0.6) is 11.5 Å². The van der Waals surface area contributed by atoms with E-state index in [2.05, 4.69) is 0 Å². The molecular formula is C11H15NO2. The van der Waals surface area contributed by atoms with E-state index in [4.69, 9.17) is 15.2 Å². The third-order valence-electron chi connectivity index (χ3n) is 2.27. The lowest BCUT2D eigenvalue weighted by Gasteiger charge is -2.11. The Morgan fingerprint density at radius 1 is 1.21 bits per heavy atom. The molecular weight excluding hydrogens is 178 g/mol. The van der Waals surface area contributed by atoms with Gasteiger partial charge in [0.25, 0.3) is 0 Å². The zero-order valence-corrected chi connectivity index (χ0v) is 8.16. The Bertz CT molecular complexity index is 312. The lowest BCUT2D eigenvalue weighted by molar-refractivity contribution is 0.296. The molecule has 1 aromatic rings. The molecule has 1 heterocycles. The molecule has 0 fully saturated rings. The molecule has 0 atom stereocenters. The van der Waals surface area contributed by atoms with Crippen molar-refractivity contribution in [2.24, 2.45) is 5.73 Å². The van der Waals surface area contributed by atoms with E-state index < -0.39 is 0 Å². The van der Waals surface area contributed by atoms with Crippen LogP contribution in [-0.2, 0) is 6.42 Å². The van der Waals surface area contributed by atoms with Gasteiger partial charge in [-0.05, 0) is 24.6 Å². The van der Waals surface area contributed by atoms with E-state index >= 15 is 0 Å². The summed E-state index contributed by atoms with van der Waals surface area (Å²) >= 11 is 0. The van der Waals surface area contributed by atoms with Crippen molar-refractivity contribution in [3.63, 3.8) is 0 Å². The average Bonchev–Trinajstić information content (AvgIpc) is 2.44. The molecule has 0 radical (unpaired) electrons. The lowest BCUT2D eigenvalue weighted by Crippen LogP contribution is -2.05. The van der Waals surface area contributed by atoms with Gasteiger partial charge in [0.05, 0.1) is 13.2 Å². The van der Waals surface area contributed by atoms with Crippen LogP contribution in [-0.4, -0.2) is 19.8 Å². The van der Waals surface area contributed by atoms with Crippen molar-refractivity contribution in [1.29, 1.82) is 0 Å². The molecule has 14 heavy (non-hydrogen) atoms. The molecule has 0 aliphatic carbocycles. The summed E-state index contributed by atoms with van der Waals surface area (Å²) < 4.78 is 11.2. The number of hydrogen-bond donors (Lipinski definition) is 1. The fourth-order valence-corrected chi connectivity index (χ4v) is 1.61. The third kappa shape index (κ3) is 1.82. The maximum Gasteiger partial charge on any atom is 0.164 e. The highest BCUT2D eigenvalue weighted by molar-refractivity contribution is 5.47. The number of nitrogens with two attached hydrogens (primary N) is 1. The number of hydrogen-bond acceptors (Lipinski definition) is 3. The van der Waals surface area contributed by atoms with Crippen molar-refractivity contribution in [1.82, 2.24) is 0 Å². The van der Waals surface area contributed by atoms with Gasteiger partial charge >= 0.3 is 0 Å². The summed E-state index contributed by atoms with van der Waals surface area (Å²) in [4.78, 5) is 0. The van der Waals surface area contributed by atoms with Crippen LogP contribution in [0.2, 0.25) is 0 Å². The second-order valence-corrected chi connectivity index (χ2v) is 3.33. The molecule has 0 saturated carbocycles. The van der Waals surface area contributed by atoms with Crippen LogP contribution in [0.3, 0.4) is 0 Å². The topological polar surface area (TPSA) is 44.5 Å². The Balaban J connectivity index is 2.32. The predicted octanol–water partition coefficient (Wildman–Crippen LogP) is 1.35. The van der Waals surface area contributed by atoms with Crippen LogP contribution in [0.15, 0.2) is 18.2 Å². The van der Waals surface area contributed by atoms with Crippen LogP contribution in [0, 0.1) is 0 Å². The van der Waals surface area contributed by atoms with Gasteiger partial charge in [-0.25, -0.2) is 0 Å². The standard InChI is InChI=1S/C11H15NO2/c12-6-5-9-3-1-4-10-11(9)14-8-2-7-13-10/h1,3-4H,2,5-8,12H2. The first kappa shape index (κ1) is 9.34. The van der Waals surface area contributed by atoms with Gasteiger partial charge < -0.3 is 15.2 Å². The van der Waals surface area contributed by atoms with E-state index in [1.165, 1.54) is 0 Å². The minimum absolute atomic E-state index is 0.639. The SMILES string of the molecule is NCCc1cccc2c1OCCCO2. The van der Waals surface area contributed by atoms with Crippen LogP contribution in [0.4, 0.5) is 0 Å². The van der Waals surface area contributed by atoms with E-state index in [0.717, 1.165) is 43.1 Å². The Hall–Kier alpha value is -1.22. The maximum atomic E-state index is 5.65. The highest BCUT2D eigenvalue weighted by atomic mass is 16.5. The van der Waals surface area contributed by atoms with Crippen molar-refractivity contribution < 1.29 is 9.47 Å². The van der Waals surface area contributed by atoms with Gasteiger partial charge in [0.15, 0.2) is 11.5 Å². The smallest absolute Gasteiger partial charge is 0.164 e. The van der Waals surface area contributed by atoms with E-state index in [0.29, 0.717) is 6.54 Å². The monoisotopic (exact) mass is 193 g/mol. The van der Waals surface area contributed by atoms with Crippen molar-refractivity contribution >= 4 is 0 Å². The Kier molecular flexibility index (Phi) is 2.89. The summed E-state index contributed by atoms with van der Waals surface area (Å²) in [5, 5.41) is 0. The molecule has 0 amide bonds. The number of para-hydroxylation sites is 1. The van der Waals surface area contributed by atoms with Gasteiger partial charge in [-0.2, -0.15) is 0 Å². The van der Waals surface area contributed by atoms with Crippen LogP contribution in [0.25, 0.3) is 0 Å². The van der Waals surface area contributed by atoms with Gasteiger partial charge in [0, 0.05) is 6.42 Å². The molecule has 1 aliphatic rings. The van der Waals surface area contributed by atoms with Gasteiger partial charge in [0.2, 0.25) is 0 Å². The summed E-state index contributed by atoms with van der Waals surface area (Å²) in [5.74, 6) is 1.74. The molecule has 2 N–H and O–H groups in total. The third-order valence-corrected chi connectivity index (χ3v) is 2.27. The van der Waals surface area contributed by atoms with E-state index in [9.17, 15) is 0 Å². The molecule has 1 aliphatic heterocycles. The quantitative estimate of drug-likeness (QED) is 0.771. The highest BCUT2D eigenvalue weighted by Gasteiger charge is 2.13. The Morgan fingerprint density at radius 2 is 2.07 bits per heavy atom. The maximum absolute atomic E-state index is 5.65. The Morgan fingerprint density at radius 3 is 2.93 bits per heavy atom. The highest BCUT2D eigenvalue weighted by Crippen LogP contribution is 2.33. The van der Waals surface area contributed by atoms with Gasteiger partial charge in [-0.15, -0.1) is 0 Å². The fraction of sp³-hybridized carbons (Fsp3) is 0.455. The predicted molar refractivity (Wildman–Crippen MR) is 54.8 cm³/mol. The zero-order valence-electron chi connectivity index (χ0n) is 8.16. The van der Waals surface area contributed by atoms with Crippen LogP contribution < -0.4 is 15.2 Å². The molecule has 0 unspecified atom stereocenters. The van der Waals surface area contributed by atoms with Gasteiger partial charge in [-0.1, -0.05) is 12.1 Å². The van der Waals surface area contributed by atoms with E-state index in [-0.39, 0.29) is 0 Å². The molecule has 3 heteroatoms. The zero-order chi connectivity index (χ0) is 9.80. The summed E-state index contributed by atoms with van der Waals surface area (Å²) in [7, 11) is 0. The Labute approximate surface area is 83.8 Å². The first-order valence-corrected chi connectivity index (χ1v) is 4.99. The number of benzene rings is 1. The molecule has 2 rings (SSSR count). The second-order valence-electron chi connectivity index (χ2n) is 3.33. The minimum Gasteiger partial charge on any atom is -0.490 e.